The van der Waals surface area contributed by atoms with E-state index in [2.05, 4.69) is 5.32 Å². The summed E-state index contributed by atoms with van der Waals surface area (Å²) in [6.45, 7) is 0. The Balaban J connectivity index is 2.07. The van der Waals surface area contributed by atoms with Gasteiger partial charge in [-0.3, -0.25) is 4.79 Å². The Hall–Kier alpha value is -3.07. The van der Waals surface area contributed by atoms with E-state index >= 15 is 0 Å². The highest BCUT2D eigenvalue weighted by Gasteiger charge is 2.72. The molecule has 0 heterocycles. The van der Waals surface area contributed by atoms with Crippen LogP contribution in [-0.4, -0.2) is 23.4 Å². The summed E-state index contributed by atoms with van der Waals surface area (Å²) in [7, 11) is 0. The molecule has 0 aliphatic heterocycles. The van der Waals surface area contributed by atoms with Crippen molar-refractivity contribution < 1.29 is 36.2 Å². The van der Waals surface area contributed by atoms with Crippen molar-refractivity contribution in [3.05, 3.63) is 77.9 Å². The highest BCUT2D eigenvalue weighted by molar-refractivity contribution is 6.04. The number of anilines is 1. The molecule has 3 aromatic carbocycles. The minimum Gasteiger partial charge on any atom is -0.369 e. The molecule has 3 rings (SSSR count). The Bertz CT molecular complexity index is 1060. The predicted molar refractivity (Wildman–Crippen MR) is 103 cm³/mol. The summed E-state index contributed by atoms with van der Waals surface area (Å²) >= 11 is 0. The van der Waals surface area contributed by atoms with E-state index in [1.165, 1.54) is 18.2 Å². The van der Waals surface area contributed by atoms with Gasteiger partial charge in [0.2, 0.25) is 5.91 Å². The standard InChI is InChI=1S/C22H17F6NO2/c23-21(24,25)20(31,22(26,27)28)17-12-11-15-8-4-5-9-16(15)19(17)29-18(30)13-10-14-6-2-1-3-7-14/h1-9,11-12,31H,10,13H2,(H,29,30). The van der Waals surface area contributed by atoms with Crippen LogP contribution in [0.25, 0.3) is 10.8 Å². The molecule has 3 nitrogen and oxygen atoms in total. The first-order valence-corrected chi connectivity index (χ1v) is 9.17. The summed E-state index contributed by atoms with van der Waals surface area (Å²) < 4.78 is 80.9. The third-order valence-electron chi connectivity index (χ3n) is 4.89. The van der Waals surface area contributed by atoms with E-state index < -0.39 is 35.1 Å². The van der Waals surface area contributed by atoms with Gasteiger partial charge in [0, 0.05) is 17.4 Å². The van der Waals surface area contributed by atoms with Crippen molar-refractivity contribution >= 4 is 22.4 Å². The van der Waals surface area contributed by atoms with Gasteiger partial charge in [0.05, 0.1) is 5.69 Å². The van der Waals surface area contributed by atoms with Crippen molar-refractivity contribution in [1.29, 1.82) is 0 Å². The SMILES string of the molecule is O=C(CCc1ccccc1)Nc1c(C(O)(C(F)(F)F)C(F)(F)F)ccc2ccccc12. The Morgan fingerprint density at radius 1 is 0.806 bits per heavy atom. The second-order valence-electron chi connectivity index (χ2n) is 6.95. The largest absolute Gasteiger partial charge is 0.430 e. The van der Waals surface area contributed by atoms with Gasteiger partial charge in [0.1, 0.15) is 0 Å². The van der Waals surface area contributed by atoms with Gasteiger partial charge in [0.25, 0.3) is 5.60 Å². The summed E-state index contributed by atoms with van der Waals surface area (Å²) in [6, 6.07) is 16.0. The van der Waals surface area contributed by atoms with Crippen molar-refractivity contribution in [1.82, 2.24) is 0 Å². The molecule has 0 aliphatic rings. The summed E-state index contributed by atoms with van der Waals surface area (Å²) in [6.07, 6.45) is -12.1. The third-order valence-corrected chi connectivity index (χ3v) is 4.89. The predicted octanol–water partition coefficient (Wildman–Crippen LogP) is 5.72. The first-order chi connectivity index (χ1) is 14.4. The number of nitrogens with one attached hydrogen (secondary N) is 1. The maximum Gasteiger partial charge on any atom is 0.430 e. The van der Waals surface area contributed by atoms with E-state index in [9.17, 15) is 36.2 Å². The van der Waals surface area contributed by atoms with Crippen LogP contribution < -0.4 is 5.32 Å². The van der Waals surface area contributed by atoms with Crippen LogP contribution in [0.2, 0.25) is 0 Å². The van der Waals surface area contributed by atoms with Crippen molar-refractivity contribution in [3.63, 3.8) is 0 Å². The molecular weight excluding hydrogens is 424 g/mol. The lowest BCUT2D eigenvalue weighted by Crippen LogP contribution is -2.54. The molecule has 0 radical (unpaired) electrons. The van der Waals surface area contributed by atoms with Crippen LogP contribution in [0.4, 0.5) is 32.0 Å². The van der Waals surface area contributed by atoms with Gasteiger partial charge in [-0.15, -0.1) is 0 Å². The number of benzene rings is 3. The van der Waals surface area contributed by atoms with Gasteiger partial charge in [-0.05, 0) is 17.4 Å². The number of alkyl halides is 6. The molecule has 0 bridgehead atoms. The summed E-state index contributed by atoms with van der Waals surface area (Å²) in [4.78, 5) is 12.5. The zero-order valence-corrected chi connectivity index (χ0v) is 15.9. The smallest absolute Gasteiger partial charge is 0.369 e. The van der Waals surface area contributed by atoms with Crippen LogP contribution in [0.5, 0.6) is 0 Å². The number of carbonyl (C=O) groups excluding carboxylic acids is 1. The molecule has 0 atom stereocenters. The number of hydrogen-bond donors (Lipinski definition) is 2. The molecule has 9 heteroatoms. The van der Waals surface area contributed by atoms with E-state index in [0.29, 0.717) is 11.5 Å². The van der Waals surface area contributed by atoms with Crippen molar-refractivity contribution in [3.8, 4) is 0 Å². The maximum absolute atomic E-state index is 13.5. The zero-order valence-electron chi connectivity index (χ0n) is 15.9. The van der Waals surface area contributed by atoms with Crippen LogP contribution in [0.3, 0.4) is 0 Å². The Kier molecular flexibility index (Phi) is 6.00. The van der Waals surface area contributed by atoms with Crippen molar-refractivity contribution in [2.24, 2.45) is 0 Å². The van der Waals surface area contributed by atoms with E-state index in [1.54, 1.807) is 36.4 Å². The molecule has 0 unspecified atom stereocenters. The lowest BCUT2D eigenvalue weighted by molar-refractivity contribution is -0.375. The average molecular weight is 441 g/mol. The first kappa shape index (κ1) is 22.6. The number of amides is 1. The molecule has 0 spiro atoms. The Morgan fingerprint density at radius 3 is 2.00 bits per heavy atom. The molecule has 1 amide bonds. The summed E-state index contributed by atoms with van der Waals surface area (Å²) in [5, 5.41) is 12.3. The maximum atomic E-state index is 13.5. The van der Waals surface area contributed by atoms with Gasteiger partial charge in [-0.1, -0.05) is 66.7 Å². The van der Waals surface area contributed by atoms with Crippen LogP contribution in [-0.2, 0) is 16.8 Å². The van der Waals surface area contributed by atoms with Crippen LogP contribution in [0.15, 0.2) is 66.7 Å². The minimum atomic E-state index is -6.07. The number of aryl methyl sites for hydroxylation is 1. The highest BCUT2D eigenvalue weighted by atomic mass is 19.4. The number of carbonyl (C=O) groups is 1. The number of fused-ring (bicyclic) bond motifs is 1. The molecule has 2 N–H and O–H groups in total. The molecule has 0 saturated heterocycles. The minimum absolute atomic E-state index is 0.0556. The fourth-order valence-electron chi connectivity index (χ4n) is 3.28. The normalized spacial score (nSPS) is 12.7. The zero-order chi connectivity index (χ0) is 22.9. The number of hydrogen-bond acceptors (Lipinski definition) is 2. The number of halogens is 6. The fraction of sp³-hybridized carbons (Fsp3) is 0.227. The molecule has 3 aromatic rings. The van der Waals surface area contributed by atoms with Gasteiger partial charge >= 0.3 is 12.4 Å². The molecule has 0 fully saturated rings. The Morgan fingerprint density at radius 2 is 1.39 bits per heavy atom. The molecular formula is C22H17F6NO2. The molecule has 0 aliphatic carbocycles. The highest BCUT2D eigenvalue weighted by Crippen LogP contribution is 2.52. The second-order valence-corrected chi connectivity index (χ2v) is 6.95. The van der Waals surface area contributed by atoms with Gasteiger partial charge < -0.3 is 10.4 Å². The molecule has 164 valence electrons. The van der Waals surface area contributed by atoms with Gasteiger partial charge in [-0.25, -0.2) is 0 Å². The fourth-order valence-corrected chi connectivity index (χ4v) is 3.28. The number of aliphatic hydroxyl groups is 1. The molecule has 31 heavy (non-hydrogen) atoms. The monoisotopic (exact) mass is 441 g/mol. The van der Waals surface area contributed by atoms with Crippen molar-refractivity contribution in [2.45, 2.75) is 30.8 Å². The second kappa shape index (κ2) is 8.22. The van der Waals surface area contributed by atoms with E-state index in [4.69, 9.17) is 0 Å². The van der Waals surface area contributed by atoms with E-state index in [-0.39, 0.29) is 18.2 Å². The van der Waals surface area contributed by atoms with Gasteiger partial charge in [0.15, 0.2) is 0 Å². The number of rotatable bonds is 5. The topological polar surface area (TPSA) is 49.3 Å². The van der Waals surface area contributed by atoms with Crippen molar-refractivity contribution in [2.75, 3.05) is 5.32 Å². The van der Waals surface area contributed by atoms with Crippen LogP contribution in [0, 0.1) is 0 Å². The van der Waals surface area contributed by atoms with Gasteiger partial charge in [-0.2, -0.15) is 26.3 Å². The lowest BCUT2D eigenvalue weighted by atomic mass is 9.88. The van der Waals surface area contributed by atoms with Crippen LogP contribution >= 0.6 is 0 Å². The third kappa shape index (κ3) is 4.36. The first-order valence-electron chi connectivity index (χ1n) is 9.17. The van der Waals surface area contributed by atoms with Crippen LogP contribution in [0.1, 0.15) is 17.5 Å². The average Bonchev–Trinajstić information content (AvgIpc) is 2.71. The molecule has 0 saturated carbocycles. The summed E-state index contributed by atoms with van der Waals surface area (Å²) in [5.74, 6) is -0.784. The molecule has 0 aromatic heterocycles. The summed E-state index contributed by atoms with van der Waals surface area (Å²) in [5.41, 5.74) is -6.60. The Labute approximate surface area is 173 Å². The van der Waals surface area contributed by atoms with E-state index in [1.807, 2.05) is 0 Å². The van der Waals surface area contributed by atoms with E-state index in [0.717, 1.165) is 11.6 Å². The quantitative estimate of drug-likeness (QED) is 0.498. The lowest BCUT2D eigenvalue weighted by Gasteiger charge is -2.34.